The van der Waals surface area contributed by atoms with Crippen molar-refractivity contribution in [1.82, 2.24) is 65.4 Å². The van der Waals surface area contributed by atoms with Gasteiger partial charge in [-0.2, -0.15) is 26.3 Å². The van der Waals surface area contributed by atoms with Crippen LogP contribution in [0.1, 0.15) is 203 Å². The second-order valence-corrected chi connectivity index (χ2v) is 34.9. The molecule has 8 fully saturated rings. The molecule has 0 aromatic carbocycles. The first kappa shape index (κ1) is 93.0. The number of rotatable bonds is 15. The molecule has 4 N–H and O–H groups in total. The summed E-state index contributed by atoms with van der Waals surface area (Å²) >= 11 is 0. The van der Waals surface area contributed by atoms with Gasteiger partial charge in [0.15, 0.2) is 0 Å². The minimum Gasteiger partial charge on any atom is -0.377 e. The molecule has 0 radical (unpaired) electrons. The Bertz CT molecular complexity index is 3460. The molecule has 2 unspecified atom stereocenters. The van der Waals surface area contributed by atoms with Gasteiger partial charge in [0, 0.05) is 88.0 Å². The summed E-state index contributed by atoms with van der Waals surface area (Å²) < 4.78 is 122. The Morgan fingerprint density at radius 1 is 0.583 bits per heavy atom. The normalized spacial score (nSPS) is 31.9. The van der Waals surface area contributed by atoms with Gasteiger partial charge in [-0.05, 0) is 146 Å². The summed E-state index contributed by atoms with van der Waals surface area (Å²) in [4.78, 5) is 208. The van der Waals surface area contributed by atoms with Gasteiger partial charge in [0.1, 0.15) is 72.1 Å². The third kappa shape index (κ3) is 22.5. The number of carbonyl (C=O) groups excluding carboxylic acids is 13. The van der Waals surface area contributed by atoms with Crippen molar-refractivity contribution >= 4 is 76.8 Å². The van der Waals surface area contributed by atoms with Gasteiger partial charge >= 0.3 is 12.4 Å². The molecule has 0 aromatic heterocycles. The summed E-state index contributed by atoms with van der Waals surface area (Å²) in [7, 11) is 7.88. The standard InChI is InChI=1S/C80H125F8N13O14/c1-14-46(5)66-74(112)94(9)43-64(105)96(11)58-39-61(102)89-32-33-100(73(58)111)60(37-48-26-29-51(30-27-48)79(83,84)85)71(109)93(8)42-62(103)90-55(31-28-49-34-53(81)65(54(82)35-49)80(86,87)88)70(108)101-41-52(115-17-4)38-57(101)69(107)92-78(44-77(6,7)45-78)76(114)98(13)67(50-24-20-21-25-50)75(113)97(12)59(72(110)99(15-2)16-3)40-63(104)95(10)56(68(106)91-66)36-47-22-18-19-23-47/h46-60,65-67H,14-45H2,1-13H3,(H,89,102)(H,90,103)(H,91,106)(H,92,107)/t46-,48?,49?,51?,52+,53?,54?,55-,56-,57-,58-,59-,60-,65?,66-,67-/m0/s1. The Balaban J connectivity index is 1.24. The maximum absolute atomic E-state index is 15.9. The zero-order valence-electron chi connectivity index (χ0n) is 69.3. The fraction of sp³-hybridized carbons (Fsp3) is 0.838. The van der Waals surface area contributed by atoms with Crippen molar-refractivity contribution in [3.05, 3.63) is 0 Å². The van der Waals surface area contributed by atoms with Gasteiger partial charge in [0.25, 0.3) is 0 Å². The number of nitrogens with one attached hydrogen (secondary N) is 4. The number of ether oxygens (including phenoxy) is 1. The van der Waals surface area contributed by atoms with E-state index in [0.29, 0.717) is 44.9 Å². The molecule has 5 saturated carbocycles. The average molecular weight is 1640 g/mol. The minimum absolute atomic E-state index is 0.000812. The third-order valence-corrected chi connectivity index (χ3v) is 26.2. The van der Waals surface area contributed by atoms with Crippen molar-refractivity contribution in [2.24, 2.45) is 46.8 Å². The van der Waals surface area contributed by atoms with E-state index in [1.54, 1.807) is 34.6 Å². The SMILES string of the molecule is CCO[C@@H]1C[C@H]2C(=O)NC3(CC(C)(C)C3)C(=O)N(C)[C@@H](C3CCCC3)C(=O)N(C)[C@H](C(=O)N(CC)CC)CC(=O)N(C)[C@@H](CC3CCCC3)C(=O)N[C@@H]([C@@H](C)CC)C(=O)N(C)CC(=O)N(C)[C@H]3CC(=O)NCCN(C3=O)[C@@H](CC3CCC(C(F)(F)F)CC3)C(=O)N(C)CC(=O)N[C@@H](CCC3CC(F)C(C(F)(F)F)C(F)C3)C(=O)N2C1. The van der Waals surface area contributed by atoms with Crippen LogP contribution in [0.2, 0.25) is 0 Å². The van der Waals surface area contributed by atoms with Crippen molar-refractivity contribution in [3.8, 4) is 0 Å². The molecule has 3 saturated heterocycles. The lowest BCUT2D eigenvalue weighted by Gasteiger charge is -2.54. The van der Waals surface area contributed by atoms with Gasteiger partial charge in [-0.15, -0.1) is 0 Å². The van der Waals surface area contributed by atoms with Crippen molar-refractivity contribution in [2.45, 2.75) is 287 Å². The third-order valence-electron chi connectivity index (χ3n) is 26.2. The molecule has 8 rings (SSSR count). The fourth-order valence-electron chi connectivity index (χ4n) is 19.5. The number of hydrogen-bond donors (Lipinski definition) is 4. The number of carbonyl (C=O) groups is 13. The molecule has 8 aliphatic rings. The Morgan fingerprint density at radius 3 is 1.73 bits per heavy atom. The van der Waals surface area contributed by atoms with Crippen molar-refractivity contribution in [1.29, 1.82) is 0 Å². The van der Waals surface area contributed by atoms with Gasteiger partial charge in [0.2, 0.25) is 76.8 Å². The molecule has 1 spiro atoms. The number of alkyl halides is 8. The Labute approximate surface area is 670 Å². The molecule has 5 aliphatic carbocycles. The van der Waals surface area contributed by atoms with Gasteiger partial charge in [-0.25, -0.2) is 8.78 Å². The summed E-state index contributed by atoms with van der Waals surface area (Å²) in [6, 6.07) is -12.0. The largest absolute Gasteiger partial charge is 0.397 e. The molecular weight excluding hydrogens is 1520 g/mol. The second-order valence-electron chi connectivity index (χ2n) is 34.9. The van der Waals surface area contributed by atoms with Gasteiger partial charge in [-0.1, -0.05) is 72.6 Å². The van der Waals surface area contributed by atoms with Gasteiger partial charge in [0.05, 0.1) is 38.0 Å². The van der Waals surface area contributed by atoms with Crippen molar-refractivity contribution in [3.63, 3.8) is 0 Å². The molecule has 2 bridgehead atoms. The van der Waals surface area contributed by atoms with E-state index >= 15 is 56.7 Å². The van der Waals surface area contributed by atoms with Crippen LogP contribution < -0.4 is 21.3 Å². The van der Waals surface area contributed by atoms with Crippen LogP contribution in [-0.2, 0) is 67.1 Å². The highest BCUT2D eigenvalue weighted by Crippen LogP contribution is 2.51. The average Bonchev–Trinajstić information content (AvgIpc) is 1.35. The first-order valence-corrected chi connectivity index (χ1v) is 41.6. The predicted octanol–water partition coefficient (Wildman–Crippen LogP) is 6.47. The van der Waals surface area contributed by atoms with Gasteiger partial charge in [-0.3, -0.25) is 62.3 Å². The first-order chi connectivity index (χ1) is 53.9. The zero-order valence-corrected chi connectivity index (χ0v) is 69.3. The van der Waals surface area contributed by atoms with Gasteiger partial charge < -0.3 is 70.1 Å². The van der Waals surface area contributed by atoms with Crippen LogP contribution in [0, 0.1) is 46.8 Å². The molecule has 650 valence electrons. The van der Waals surface area contributed by atoms with E-state index in [9.17, 15) is 40.7 Å². The van der Waals surface area contributed by atoms with E-state index in [1.807, 2.05) is 13.8 Å². The fourth-order valence-corrected chi connectivity index (χ4v) is 19.5. The summed E-state index contributed by atoms with van der Waals surface area (Å²) in [6.07, 6.45) is -15.3. The smallest absolute Gasteiger partial charge is 0.377 e. The highest BCUT2D eigenvalue weighted by molar-refractivity contribution is 6.02. The molecule has 115 heavy (non-hydrogen) atoms. The highest BCUT2D eigenvalue weighted by Gasteiger charge is 2.60. The minimum atomic E-state index is -5.24. The van der Waals surface area contributed by atoms with Crippen LogP contribution >= 0.6 is 0 Å². The number of likely N-dealkylation sites (N-methyl/N-ethyl adjacent to an activating group) is 7. The molecule has 12 atom stereocenters. The zero-order chi connectivity index (χ0) is 85.3. The predicted molar refractivity (Wildman–Crippen MR) is 406 cm³/mol. The number of halogens is 8. The molecule has 3 aliphatic heterocycles. The lowest BCUT2D eigenvalue weighted by Crippen LogP contribution is -2.71. The molecular formula is C80H125F8N13O14. The summed E-state index contributed by atoms with van der Waals surface area (Å²) in [5.41, 5.74) is -2.40. The van der Waals surface area contributed by atoms with E-state index in [0.717, 1.165) is 37.3 Å². The number of fused-ring (bicyclic) bond motifs is 3. The number of amides is 13. The summed E-state index contributed by atoms with van der Waals surface area (Å²) in [5.74, 6) is -18.3. The van der Waals surface area contributed by atoms with Crippen LogP contribution in [0.4, 0.5) is 35.1 Å². The monoisotopic (exact) mass is 1640 g/mol. The highest BCUT2D eigenvalue weighted by atomic mass is 19.4. The van der Waals surface area contributed by atoms with E-state index in [-0.39, 0.29) is 103 Å². The molecule has 3 heterocycles. The van der Waals surface area contributed by atoms with E-state index in [1.165, 1.54) is 61.9 Å². The molecule has 35 heteroatoms. The number of nitrogens with zero attached hydrogens (tertiary/aromatic N) is 9. The van der Waals surface area contributed by atoms with E-state index in [4.69, 9.17) is 4.74 Å². The summed E-state index contributed by atoms with van der Waals surface area (Å²) in [5, 5.41) is 11.2. The Hall–Kier alpha value is -7.49. The lowest BCUT2D eigenvalue weighted by atomic mass is 9.58. The van der Waals surface area contributed by atoms with E-state index in [2.05, 4.69) is 21.3 Å². The van der Waals surface area contributed by atoms with Crippen LogP contribution in [0.25, 0.3) is 0 Å². The molecule has 27 nitrogen and oxygen atoms in total. The Morgan fingerprint density at radius 2 is 1.17 bits per heavy atom. The van der Waals surface area contributed by atoms with E-state index < -0.39 is 254 Å². The number of hydrogen-bond acceptors (Lipinski definition) is 14. The second kappa shape index (κ2) is 39.4. The van der Waals surface area contributed by atoms with Crippen LogP contribution in [-0.4, -0.2) is 300 Å². The molecule has 0 aromatic rings. The first-order valence-electron chi connectivity index (χ1n) is 41.6. The maximum atomic E-state index is 15.9. The van der Waals surface area contributed by atoms with Crippen LogP contribution in [0.5, 0.6) is 0 Å². The summed E-state index contributed by atoms with van der Waals surface area (Å²) in [6.45, 7) is 9.98. The van der Waals surface area contributed by atoms with Crippen molar-refractivity contribution in [2.75, 3.05) is 94.7 Å². The molecule has 13 amide bonds. The van der Waals surface area contributed by atoms with Crippen LogP contribution in [0.3, 0.4) is 0 Å². The quantitative estimate of drug-likeness (QED) is 0.128. The van der Waals surface area contributed by atoms with Crippen LogP contribution in [0.15, 0.2) is 0 Å². The topological polar surface area (TPSA) is 308 Å². The Kier molecular flexibility index (Phi) is 31.9. The maximum Gasteiger partial charge on any atom is 0.397 e. The van der Waals surface area contributed by atoms with Crippen molar-refractivity contribution < 1.29 is 102 Å². The lowest BCUT2D eigenvalue weighted by molar-refractivity contribution is -0.219.